The van der Waals surface area contributed by atoms with E-state index in [0.29, 0.717) is 25.3 Å². The first-order valence-corrected chi connectivity index (χ1v) is 11.2. The molecule has 0 atom stereocenters. The first-order valence-electron chi connectivity index (χ1n) is 9.77. The van der Waals surface area contributed by atoms with Gasteiger partial charge in [0.05, 0.1) is 6.54 Å². The van der Waals surface area contributed by atoms with Crippen LogP contribution in [0.5, 0.6) is 0 Å². The second-order valence-electron chi connectivity index (χ2n) is 7.92. The van der Waals surface area contributed by atoms with Gasteiger partial charge in [-0.05, 0) is 68.5 Å². The summed E-state index contributed by atoms with van der Waals surface area (Å²) in [5, 5.41) is 2.84. The zero-order valence-corrected chi connectivity index (χ0v) is 18.6. The van der Waals surface area contributed by atoms with Crippen molar-refractivity contribution in [3.8, 4) is 0 Å². The van der Waals surface area contributed by atoms with E-state index in [1.54, 1.807) is 0 Å². The summed E-state index contributed by atoms with van der Waals surface area (Å²) in [6, 6.07) is 9.94. The highest BCUT2D eigenvalue weighted by Crippen LogP contribution is 2.24. The van der Waals surface area contributed by atoms with Crippen LogP contribution in [0.4, 0.5) is 5.69 Å². The number of nitrogens with one attached hydrogen (secondary N) is 1. The van der Waals surface area contributed by atoms with Gasteiger partial charge >= 0.3 is 0 Å². The van der Waals surface area contributed by atoms with E-state index in [9.17, 15) is 13.2 Å². The maximum atomic E-state index is 13.0. The average Bonchev–Trinajstić information content (AvgIpc) is 2.88. The Kier molecular flexibility index (Phi) is 6.12. The predicted molar refractivity (Wildman–Crippen MR) is 116 cm³/mol. The molecule has 0 unspecified atom stereocenters. The molecular weight excluding hydrogens is 386 g/mol. The van der Waals surface area contributed by atoms with Crippen LogP contribution in [0.25, 0.3) is 0 Å². The Morgan fingerprint density at radius 1 is 0.897 bits per heavy atom. The highest BCUT2D eigenvalue weighted by Gasteiger charge is 2.37. The number of carbonyl (C=O) groups is 1. The van der Waals surface area contributed by atoms with Crippen LogP contribution < -0.4 is 5.32 Å². The Bertz CT molecular complexity index is 1020. The molecule has 0 radical (unpaired) electrons. The van der Waals surface area contributed by atoms with Crippen molar-refractivity contribution in [3.63, 3.8) is 0 Å². The summed E-state index contributed by atoms with van der Waals surface area (Å²) in [5.41, 5.74) is 7.07. The predicted octanol–water partition coefficient (Wildman–Crippen LogP) is 3.23. The van der Waals surface area contributed by atoms with Gasteiger partial charge in [-0.15, -0.1) is 0 Å². The van der Waals surface area contributed by atoms with Crippen LogP contribution >= 0.6 is 0 Å². The molecular formula is C22H29N3O3S. The van der Waals surface area contributed by atoms with Crippen LogP contribution in [-0.2, 0) is 21.5 Å². The maximum Gasteiger partial charge on any atom is 0.282 e. The van der Waals surface area contributed by atoms with E-state index in [1.165, 1.54) is 8.61 Å². The van der Waals surface area contributed by atoms with Gasteiger partial charge in [-0.1, -0.05) is 29.8 Å². The lowest BCUT2D eigenvalue weighted by molar-refractivity contribution is -0.116. The van der Waals surface area contributed by atoms with Crippen LogP contribution in [0.2, 0.25) is 0 Å². The third kappa shape index (κ3) is 4.69. The Labute approximate surface area is 173 Å². The largest absolute Gasteiger partial charge is 0.325 e. The fourth-order valence-electron chi connectivity index (χ4n) is 3.79. The molecule has 1 saturated heterocycles. The van der Waals surface area contributed by atoms with E-state index in [4.69, 9.17) is 0 Å². The van der Waals surface area contributed by atoms with Crippen LogP contribution in [0, 0.1) is 34.6 Å². The van der Waals surface area contributed by atoms with Crippen molar-refractivity contribution >= 4 is 21.8 Å². The summed E-state index contributed by atoms with van der Waals surface area (Å²) in [4.78, 5) is 12.5. The van der Waals surface area contributed by atoms with E-state index in [2.05, 4.69) is 17.4 Å². The van der Waals surface area contributed by atoms with Gasteiger partial charge < -0.3 is 5.32 Å². The molecule has 7 heteroatoms. The van der Waals surface area contributed by atoms with Crippen molar-refractivity contribution in [1.29, 1.82) is 0 Å². The van der Waals surface area contributed by atoms with Crippen LogP contribution in [0.15, 0.2) is 30.3 Å². The molecule has 0 saturated carbocycles. The number of rotatable bonds is 5. The number of hydrogen-bond donors (Lipinski definition) is 1. The van der Waals surface area contributed by atoms with Crippen molar-refractivity contribution in [3.05, 3.63) is 63.7 Å². The number of nitrogens with zero attached hydrogens (tertiary/aromatic N) is 2. The van der Waals surface area contributed by atoms with E-state index >= 15 is 0 Å². The summed E-state index contributed by atoms with van der Waals surface area (Å²) in [6.45, 7) is 10.8. The molecule has 1 aliphatic rings. The number of aryl methyl sites for hydroxylation is 5. The van der Waals surface area contributed by atoms with Crippen molar-refractivity contribution in [2.45, 2.75) is 41.2 Å². The van der Waals surface area contributed by atoms with E-state index < -0.39 is 10.2 Å². The first-order chi connectivity index (χ1) is 13.6. The highest BCUT2D eigenvalue weighted by atomic mass is 32.2. The van der Waals surface area contributed by atoms with Crippen molar-refractivity contribution in [2.24, 2.45) is 0 Å². The monoisotopic (exact) mass is 415 g/mol. The molecule has 0 aliphatic carbocycles. The molecule has 2 aromatic rings. The molecule has 0 spiro atoms. The number of carbonyl (C=O) groups excluding carboxylic acids is 1. The second-order valence-corrected chi connectivity index (χ2v) is 9.85. The Morgan fingerprint density at radius 3 is 2.17 bits per heavy atom. The zero-order valence-electron chi connectivity index (χ0n) is 17.7. The molecule has 1 fully saturated rings. The number of amides is 1. The van der Waals surface area contributed by atoms with Crippen molar-refractivity contribution in [1.82, 2.24) is 8.61 Å². The average molecular weight is 416 g/mol. The second kappa shape index (κ2) is 8.26. The molecule has 6 nitrogen and oxygen atoms in total. The summed E-state index contributed by atoms with van der Waals surface area (Å²) in [6.07, 6.45) is 0. The van der Waals surface area contributed by atoms with Crippen LogP contribution in [0.3, 0.4) is 0 Å². The number of hydrogen-bond acceptors (Lipinski definition) is 3. The lowest BCUT2D eigenvalue weighted by atomic mass is 10.00. The van der Waals surface area contributed by atoms with Crippen LogP contribution in [-0.4, -0.2) is 42.6 Å². The minimum atomic E-state index is -3.67. The first kappa shape index (κ1) is 21.5. The zero-order chi connectivity index (χ0) is 21.3. The van der Waals surface area contributed by atoms with Crippen molar-refractivity contribution < 1.29 is 13.2 Å². The quantitative estimate of drug-likeness (QED) is 0.815. The highest BCUT2D eigenvalue weighted by molar-refractivity contribution is 7.87. The molecule has 1 N–H and O–H groups in total. The van der Waals surface area contributed by atoms with Gasteiger partial charge in [0.25, 0.3) is 10.2 Å². The standard InChI is InChI=1S/C22H29N3O3S/c1-15-6-7-17(3)21(12-15)23-22(26)14-25-9-8-24(29(25,27)28)13-20-18(4)10-16(2)11-19(20)5/h6-7,10-12H,8-9,13-14H2,1-5H3,(H,23,26). The molecule has 29 heavy (non-hydrogen) atoms. The Morgan fingerprint density at radius 2 is 1.52 bits per heavy atom. The molecule has 1 heterocycles. The maximum absolute atomic E-state index is 13.0. The summed E-state index contributed by atoms with van der Waals surface area (Å²) in [5.74, 6) is -0.327. The molecule has 1 aliphatic heterocycles. The Hall–Kier alpha value is -2.22. The topological polar surface area (TPSA) is 69.7 Å². The molecule has 0 aromatic heterocycles. The summed E-state index contributed by atoms with van der Waals surface area (Å²) < 4.78 is 28.7. The summed E-state index contributed by atoms with van der Waals surface area (Å²) >= 11 is 0. The van der Waals surface area contributed by atoms with E-state index in [1.807, 2.05) is 52.8 Å². The SMILES string of the molecule is Cc1cc(C)c(CN2CCN(CC(=O)Nc3cc(C)ccc3C)S2(=O)=O)c(C)c1. The molecule has 0 bridgehead atoms. The van der Waals surface area contributed by atoms with E-state index in [0.717, 1.165) is 33.4 Å². The minimum Gasteiger partial charge on any atom is -0.325 e. The van der Waals surface area contributed by atoms with Gasteiger partial charge in [0, 0.05) is 25.3 Å². The fourth-order valence-corrected chi connectivity index (χ4v) is 5.32. The lowest BCUT2D eigenvalue weighted by Gasteiger charge is -2.21. The molecule has 2 aromatic carbocycles. The summed E-state index contributed by atoms with van der Waals surface area (Å²) in [7, 11) is -3.67. The Balaban J connectivity index is 1.70. The van der Waals surface area contributed by atoms with Gasteiger partial charge in [-0.3, -0.25) is 4.79 Å². The van der Waals surface area contributed by atoms with Gasteiger partial charge in [0.1, 0.15) is 0 Å². The normalized spacial score (nSPS) is 16.9. The molecule has 3 rings (SSSR count). The third-order valence-electron chi connectivity index (χ3n) is 5.41. The minimum absolute atomic E-state index is 0.182. The number of anilines is 1. The smallest absolute Gasteiger partial charge is 0.282 e. The molecule has 1 amide bonds. The van der Waals surface area contributed by atoms with Gasteiger partial charge in [0.15, 0.2) is 0 Å². The van der Waals surface area contributed by atoms with Crippen molar-refractivity contribution in [2.75, 3.05) is 25.0 Å². The van der Waals surface area contributed by atoms with E-state index in [-0.39, 0.29) is 12.5 Å². The van der Waals surface area contributed by atoms with Gasteiger partial charge in [-0.25, -0.2) is 0 Å². The third-order valence-corrected chi connectivity index (χ3v) is 7.34. The van der Waals surface area contributed by atoms with Gasteiger partial charge in [-0.2, -0.15) is 17.0 Å². The lowest BCUT2D eigenvalue weighted by Crippen LogP contribution is -2.38. The van der Waals surface area contributed by atoms with Gasteiger partial charge in [0.2, 0.25) is 5.91 Å². The fraction of sp³-hybridized carbons (Fsp3) is 0.409. The molecule has 156 valence electrons. The van der Waals surface area contributed by atoms with Crippen LogP contribution in [0.1, 0.15) is 33.4 Å². The number of benzene rings is 2.